The smallest absolute Gasteiger partial charge is 0.149 e. The van der Waals surface area contributed by atoms with Gasteiger partial charge in [-0.15, -0.1) is 0 Å². The van der Waals surface area contributed by atoms with Crippen LogP contribution in [-0.2, 0) is 0 Å². The van der Waals surface area contributed by atoms with E-state index in [1.54, 1.807) is 6.07 Å². The normalized spacial score (nSPS) is 23.2. The van der Waals surface area contributed by atoms with Crippen molar-refractivity contribution in [1.29, 1.82) is 0 Å². The van der Waals surface area contributed by atoms with Crippen molar-refractivity contribution in [3.8, 4) is 0 Å². The van der Waals surface area contributed by atoms with Crippen molar-refractivity contribution in [2.24, 2.45) is 5.41 Å². The lowest BCUT2D eigenvalue weighted by Gasteiger charge is -2.18. The highest BCUT2D eigenvalue weighted by molar-refractivity contribution is 5.61. The van der Waals surface area contributed by atoms with Gasteiger partial charge in [0, 0.05) is 6.04 Å². The highest BCUT2D eigenvalue weighted by Crippen LogP contribution is 2.38. The van der Waals surface area contributed by atoms with Crippen LogP contribution in [0.3, 0.4) is 0 Å². The lowest BCUT2D eigenvalue weighted by molar-refractivity contribution is 0.378. The SMILES string of the molecule is CC1(C)CCC(Nc2ccc(N)c(N)n2)C1. The van der Waals surface area contributed by atoms with E-state index in [1.165, 1.54) is 19.3 Å². The number of nitrogens with zero attached hydrogens (tertiary/aromatic N) is 1. The Kier molecular flexibility index (Phi) is 2.66. The third kappa shape index (κ3) is 2.38. The monoisotopic (exact) mass is 220 g/mol. The molecule has 1 atom stereocenters. The molecule has 1 aromatic rings. The van der Waals surface area contributed by atoms with Gasteiger partial charge >= 0.3 is 0 Å². The minimum absolute atomic E-state index is 0.405. The molecule has 0 bridgehead atoms. The van der Waals surface area contributed by atoms with Gasteiger partial charge in [-0.3, -0.25) is 0 Å². The Morgan fingerprint density at radius 1 is 1.38 bits per heavy atom. The second-order valence-electron chi connectivity index (χ2n) is 5.42. The van der Waals surface area contributed by atoms with Crippen molar-refractivity contribution < 1.29 is 0 Å². The first kappa shape index (κ1) is 11.0. The molecule has 88 valence electrons. The fourth-order valence-corrected chi connectivity index (χ4v) is 2.33. The Morgan fingerprint density at radius 3 is 2.69 bits per heavy atom. The summed E-state index contributed by atoms with van der Waals surface area (Å²) < 4.78 is 0. The van der Waals surface area contributed by atoms with Gasteiger partial charge in [0.1, 0.15) is 11.6 Å². The van der Waals surface area contributed by atoms with Crippen LogP contribution in [0.15, 0.2) is 12.1 Å². The number of aromatic nitrogens is 1. The molecule has 1 heterocycles. The van der Waals surface area contributed by atoms with Crippen LogP contribution < -0.4 is 16.8 Å². The first-order valence-corrected chi connectivity index (χ1v) is 5.75. The summed E-state index contributed by atoms with van der Waals surface area (Å²) >= 11 is 0. The van der Waals surface area contributed by atoms with Gasteiger partial charge in [0.05, 0.1) is 5.69 Å². The number of pyridine rings is 1. The maximum atomic E-state index is 5.67. The second-order valence-corrected chi connectivity index (χ2v) is 5.42. The molecule has 0 aliphatic heterocycles. The van der Waals surface area contributed by atoms with Crippen LogP contribution in [0.2, 0.25) is 0 Å². The lowest BCUT2D eigenvalue weighted by atomic mass is 9.92. The van der Waals surface area contributed by atoms with E-state index in [0.717, 1.165) is 5.82 Å². The number of nitrogens with one attached hydrogen (secondary N) is 1. The quantitative estimate of drug-likeness (QED) is 0.714. The molecule has 0 saturated heterocycles. The van der Waals surface area contributed by atoms with Gasteiger partial charge in [0.25, 0.3) is 0 Å². The molecular formula is C12H20N4. The minimum atomic E-state index is 0.405. The van der Waals surface area contributed by atoms with Crippen molar-refractivity contribution in [2.45, 2.75) is 39.2 Å². The number of rotatable bonds is 2. The van der Waals surface area contributed by atoms with Crippen LogP contribution in [-0.4, -0.2) is 11.0 Å². The van der Waals surface area contributed by atoms with E-state index in [2.05, 4.69) is 24.1 Å². The van der Waals surface area contributed by atoms with Crippen LogP contribution in [0, 0.1) is 5.41 Å². The Morgan fingerprint density at radius 2 is 2.12 bits per heavy atom. The van der Waals surface area contributed by atoms with Gasteiger partial charge in [-0.1, -0.05) is 13.8 Å². The first-order valence-electron chi connectivity index (χ1n) is 5.75. The van der Waals surface area contributed by atoms with Gasteiger partial charge in [0.2, 0.25) is 0 Å². The minimum Gasteiger partial charge on any atom is -0.396 e. The summed E-state index contributed by atoms with van der Waals surface area (Å²) in [5.41, 5.74) is 12.3. The van der Waals surface area contributed by atoms with E-state index < -0.39 is 0 Å². The standard InChI is InChI=1S/C12H20N4/c1-12(2)6-5-8(7-12)15-10-4-3-9(13)11(14)16-10/h3-4,8H,5-7,13H2,1-2H3,(H3,14,15,16). The second kappa shape index (κ2) is 3.85. The first-order chi connectivity index (χ1) is 7.46. The maximum Gasteiger partial charge on any atom is 0.149 e. The van der Waals surface area contributed by atoms with Gasteiger partial charge in [-0.25, -0.2) is 4.98 Å². The number of nitrogens with two attached hydrogens (primary N) is 2. The third-order valence-electron chi connectivity index (χ3n) is 3.28. The third-order valence-corrected chi connectivity index (χ3v) is 3.28. The van der Waals surface area contributed by atoms with Crippen LogP contribution >= 0.6 is 0 Å². The summed E-state index contributed by atoms with van der Waals surface area (Å²) in [4.78, 5) is 4.23. The summed E-state index contributed by atoms with van der Waals surface area (Å²) in [7, 11) is 0. The zero-order valence-electron chi connectivity index (χ0n) is 9.96. The van der Waals surface area contributed by atoms with Crippen LogP contribution in [0.5, 0.6) is 0 Å². The van der Waals surface area contributed by atoms with Crippen LogP contribution in [0.25, 0.3) is 0 Å². The summed E-state index contributed by atoms with van der Waals surface area (Å²) in [6.07, 6.45) is 3.63. The number of anilines is 3. The fraction of sp³-hybridized carbons (Fsp3) is 0.583. The molecule has 1 aliphatic carbocycles. The van der Waals surface area contributed by atoms with Crippen molar-refractivity contribution in [3.05, 3.63) is 12.1 Å². The Labute approximate surface area is 96.4 Å². The highest BCUT2D eigenvalue weighted by Gasteiger charge is 2.30. The van der Waals surface area contributed by atoms with E-state index in [4.69, 9.17) is 11.5 Å². The highest BCUT2D eigenvalue weighted by atomic mass is 15.0. The topological polar surface area (TPSA) is 77.0 Å². The van der Waals surface area contributed by atoms with Crippen molar-refractivity contribution in [1.82, 2.24) is 4.98 Å². The molecular weight excluding hydrogens is 200 g/mol. The van der Waals surface area contributed by atoms with E-state index in [-0.39, 0.29) is 0 Å². The zero-order valence-corrected chi connectivity index (χ0v) is 9.96. The molecule has 0 aromatic carbocycles. The molecule has 1 fully saturated rings. The molecule has 1 aromatic heterocycles. The van der Waals surface area contributed by atoms with E-state index in [1.807, 2.05) is 6.07 Å². The molecule has 0 radical (unpaired) electrons. The molecule has 0 spiro atoms. The fourth-order valence-electron chi connectivity index (χ4n) is 2.33. The molecule has 1 saturated carbocycles. The van der Waals surface area contributed by atoms with Gasteiger partial charge in [0.15, 0.2) is 0 Å². The Bertz CT molecular complexity index is 387. The van der Waals surface area contributed by atoms with E-state index >= 15 is 0 Å². The summed E-state index contributed by atoms with van der Waals surface area (Å²) in [6.45, 7) is 4.61. The van der Waals surface area contributed by atoms with Gasteiger partial charge in [-0.2, -0.15) is 0 Å². The molecule has 0 amide bonds. The van der Waals surface area contributed by atoms with Gasteiger partial charge in [-0.05, 0) is 36.8 Å². The van der Waals surface area contributed by atoms with E-state index in [0.29, 0.717) is 23.0 Å². The van der Waals surface area contributed by atoms with E-state index in [9.17, 15) is 0 Å². The van der Waals surface area contributed by atoms with Gasteiger partial charge < -0.3 is 16.8 Å². The molecule has 5 N–H and O–H groups in total. The Balaban J connectivity index is 2.02. The predicted octanol–water partition coefficient (Wildman–Crippen LogP) is 2.24. The zero-order chi connectivity index (χ0) is 11.8. The maximum absolute atomic E-state index is 5.67. The molecule has 1 unspecified atom stereocenters. The predicted molar refractivity (Wildman–Crippen MR) is 68.1 cm³/mol. The average Bonchev–Trinajstić information content (AvgIpc) is 2.52. The Hall–Kier alpha value is -1.45. The molecule has 1 aliphatic rings. The van der Waals surface area contributed by atoms with Crippen molar-refractivity contribution >= 4 is 17.3 Å². The average molecular weight is 220 g/mol. The largest absolute Gasteiger partial charge is 0.396 e. The molecule has 4 heteroatoms. The number of hydrogen-bond acceptors (Lipinski definition) is 4. The molecule has 16 heavy (non-hydrogen) atoms. The number of hydrogen-bond donors (Lipinski definition) is 3. The van der Waals surface area contributed by atoms with Crippen LogP contribution in [0.1, 0.15) is 33.1 Å². The summed E-state index contributed by atoms with van der Waals surface area (Å²) in [6, 6.07) is 4.19. The van der Waals surface area contributed by atoms with Crippen molar-refractivity contribution in [2.75, 3.05) is 16.8 Å². The summed E-state index contributed by atoms with van der Waals surface area (Å²) in [5.74, 6) is 1.23. The summed E-state index contributed by atoms with van der Waals surface area (Å²) in [5, 5.41) is 3.42. The van der Waals surface area contributed by atoms with Crippen molar-refractivity contribution in [3.63, 3.8) is 0 Å². The molecule has 2 rings (SSSR count). The molecule has 4 nitrogen and oxygen atoms in total. The van der Waals surface area contributed by atoms with Crippen LogP contribution in [0.4, 0.5) is 17.3 Å². The lowest BCUT2D eigenvalue weighted by Crippen LogP contribution is -2.18. The number of nitrogen functional groups attached to an aromatic ring is 2.